The normalized spacial score (nSPS) is 22.1. The van der Waals surface area contributed by atoms with E-state index in [0.717, 1.165) is 12.0 Å². The van der Waals surface area contributed by atoms with E-state index in [1.807, 2.05) is 37.3 Å². The molecular weight excluding hydrogens is 200 g/mol. The minimum Gasteiger partial charge on any atom is -0.300 e. The van der Waals surface area contributed by atoms with Crippen LogP contribution in [0.1, 0.15) is 36.5 Å². The Bertz CT molecular complexity index is 394. The van der Waals surface area contributed by atoms with E-state index in [2.05, 4.69) is 0 Å². The van der Waals surface area contributed by atoms with E-state index in [1.54, 1.807) is 0 Å². The summed E-state index contributed by atoms with van der Waals surface area (Å²) in [4.78, 5) is 23.3. The molecule has 0 saturated heterocycles. The molecule has 84 valence electrons. The third kappa shape index (κ3) is 2.21. The summed E-state index contributed by atoms with van der Waals surface area (Å²) in [5, 5.41) is 0. The van der Waals surface area contributed by atoms with Crippen molar-refractivity contribution in [2.24, 2.45) is 11.8 Å². The Morgan fingerprint density at radius 3 is 2.56 bits per heavy atom. The third-order valence-electron chi connectivity index (χ3n) is 3.46. The number of carbonyl (C=O) groups is 2. The monoisotopic (exact) mass is 216 g/mol. The Labute approximate surface area is 95.7 Å². The fourth-order valence-corrected chi connectivity index (χ4v) is 2.35. The van der Waals surface area contributed by atoms with Crippen molar-refractivity contribution in [3.63, 3.8) is 0 Å². The summed E-state index contributed by atoms with van der Waals surface area (Å²) in [6.07, 6.45) is 2.11. The molecule has 0 amide bonds. The highest BCUT2D eigenvalue weighted by Crippen LogP contribution is 2.30. The maximum absolute atomic E-state index is 12.1. The quantitative estimate of drug-likeness (QED) is 0.728. The summed E-state index contributed by atoms with van der Waals surface area (Å²) in [6, 6.07) is 9.34. The highest BCUT2D eigenvalue weighted by molar-refractivity contribution is 5.98. The van der Waals surface area contributed by atoms with Crippen LogP contribution in [-0.2, 0) is 4.79 Å². The van der Waals surface area contributed by atoms with E-state index >= 15 is 0 Å². The number of hydrogen-bond acceptors (Lipinski definition) is 2. The molecule has 0 heterocycles. The van der Waals surface area contributed by atoms with Crippen LogP contribution in [-0.4, -0.2) is 11.6 Å². The van der Waals surface area contributed by atoms with Gasteiger partial charge in [-0.3, -0.25) is 9.59 Å². The van der Waals surface area contributed by atoms with Crippen molar-refractivity contribution >= 4 is 11.6 Å². The molecule has 0 radical (unpaired) electrons. The molecule has 2 atom stereocenters. The van der Waals surface area contributed by atoms with Gasteiger partial charge in [0.1, 0.15) is 5.78 Å². The van der Waals surface area contributed by atoms with Crippen molar-refractivity contribution in [2.75, 3.05) is 0 Å². The second-order valence-electron chi connectivity index (χ2n) is 4.56. The molecule has 1 aliphatic carbocycles. The van der Waals surface area contributed by atoms with Crippen molar-refractivity contribution in [1.82, 2.24) is 0 Å². The Morgan fingerprint density at radius 2 is 2.00 bits per heavy atom. The van der Waals surface area contributed by atoms with Gasteiger partial charge in [-0.05, 0) is 12.3 Å². The lowest BCUT2D eigenvalue weighted by atomic mass is 9.86. The molecule has 1 aromatic carbocycles. The number of ketones is 2. The molecule has 1 fully saturated rings. The third-order valence-corrected chi connectivity index (χ3v) is 3.46. The van der Waals surface area contributed by atoms with Crippen LogP contribution < -0.4 is 0 Å². The van der Waals surface area contributed by atoms with Crippen LogP contribution in [0.5, 0.6) is 0 Å². The fourth-order valence-electron chi connectivity index (χ4n) is 2.35. The fraction of sp³-hybridized carbons (Fsp3) is 0.429. The average molecular weight is 216 g/mol. The van der Waals surface area contributed by atoms with E-state index in [-0.39, 0.29) is 17.6 Å². The van der Waals surface area contributed by atoms with E-state index in [0.29, 0.717) is 18.6 Å². The predicted molar refractivity (Wildman–Crippen MR) is 62.3 cm³/mol. The molecular formula is C14H16O2. The van der Waals surface area contributed by atoms with Gasteiger partial charge in [-0.15, -0.1) is 0 Å². The van der Waals surface area contributed by atoms with Gasteiger partial charge < -0.3 is 0 Å². The Morgan fingerprint density at radius 1 is 1.31 bits per heavy atom. The molecule has 0 N–H and O–H groups in total. The zero-order valence-corrected chi connectivity index (χ0v) is 9.48. The van der Waals surface area contributed by atoms with Crippen LogP contribution >= 0.6 is 0 Å². The molecule has 2 heteroatoms. The highest BCUT2D eigenvalue weighted by Gasteiger charge is 2.31. The second-order valence-corrected chi connectivity index (χ2v) is 4.56. The summed E-state index contributed by atoms with van der Waals surface area (Å²) in [7, 11) is 0. The number of benzene rings is 1. The van der Waals surface area contributed by atoms with Gasteiger partial charge in [0.05, 0.1) is 0 Å². The zero-order valence-electron chi connectivity index (χ0n) is 9.48. The number of rotatable bonds is 3. The SMILES string of the molecule is CC(C(=O)c1ccccc1)C1CCC(=O)C1. The molecule has 2 rings (SSSR count). The van der Waals surface area contributed by atoms with Crippen molar-refractivity contribution in [3.05, 3.63) is 35.9 Å². The van der Waals surface area contributed by atoms with Crippen LogP contribution in [0.25, 0.3) is 0 Å². The first kappa shape index (κ1) is 11.1. The molecule has 0 aromatic heterocycles. The van der Waals surface area contributed by atoms with Gasteiger partial charge in [0.2, 0.25) is 0 Å². The van der Waals surface area contributed by atoms with Gasteiger partial charge in [-0.25, -0.2) is 0 Å². The van der Waals surface area contributed by atoms with E-state index in [9.17, 15) is 9.59 Å². The van der Waals surface area contributed by atoms with Crippen LogP contribution in [0, 0.1) is 11.8 Å². The summed E-state index contributed by atoms with van der Waals surface area (Å²) in [6.45, 7) is 1.94. The maximum atomic E-state index is 12.1. The number of Topliss-reactive ketones (excluding diaryl/α,β-unsaturated/α-hetero) is 2. The molecule has 0 spiro atoms. The van der Waals surface area contributed by atoms with Gasteiger partial charge in [-0.1, -0.05) is 37.3 Å². The first-order valence-electron chi connectivity index (χ1n) is 5.79. The smallest absolute Gasteiger partial charge is 0.165 e. The molecule has 0 aliphatic heterocycles. The summed E-state index contributed by atoms with van der Waals surface area (Å²) in [5.41, 5.74) is 0.759. The second kappa shape index (κ2) is 4.60. The Hall–Kier alpha value is -1.44. The first-order chi connectivity index (χ1) is 7.68. The van der Waals surface area contributed by atoms with Crippen LogP contribution in [0.2, 0.25) is 0 Å². The molecule has 2 unspecified atom stereocenters. The van der Waals surface area contributed by atoms with Gasteiger partial charge >= 0.3 is 0 Å². The van der Waals surface area contributed by atoms with Crippen LogP contribution in [0.3, 0.4) is 0 Å². The summed E-state index contributed by atoms with van der Waals surface area (Å²) < 4.78 is 0. The molecule has 2 nitrogen and oxygen atoms in total. The van der Waals surface area contributed by atoms with Crippen LogP contribution in [0.4, 0.5) is 0 Å². The molecule has 1 saturated carbocycles. The predicted octanol–water partition coefficient (Wildman–Crippen LogP) is 2.87. The van der Waals surface area contributed by atoms with E-state index in [4.69, 9.17) is 0 Å². The Balaban J connectivity index is 2.08. The maximum Gasteiger partial charge on any atom is 0.165 e. The minimum atomic E-state index is -0.0335. The molecule has 0 bridgehead atoms. The van der Waals surface area contributed by atoms with Crippen molar-refractivity contribution in [1.29, 1.82) is 0 Å². The van der Waals surface area contributed by atoms with E-state index in [1.165, 1.54) is 0 Å². The lowest BCUT2D eigenvalue weighted by Gasteiger charge is -2.16. The number of carbonyl (C=O) groups excluding carboxylic acids is 2. The molecule has 1 aliphatic rings. The highest BCUT2D eigenvalue weighted by atomic mass is 16.1. The largest absolute Gasteiger partial charge is 0.300 e. The lowest BCUT2D eigenvalue weighted by Crippen LogP contribution is -2.19. The van der Waals surface area contributed by atoms with Crippen molar-refractivity contribution in [3.8, 4) is 0 Å². The topological polar surface area (TPSA) is 34.1 Å². The van der Waals surface area contributed by atoms with Gasteiger partial charge in [0, 0.05) is 24.3 Å². The van der Waals surface area contributed by atoms with Crippen LogP contribution in [0.15, 0.2) is 30.3 Å². The average Bonchev–Trinajstić information content (AvgIpc) is 2.75. The molecule has 1 aromatic rings. The van der Waals surface area contributed by atoms with Gasteiger partial charge in [0.25, 0.3) is 0 Å². The van der Waals surface area contributed by atoms with Crippen molar-refractivity contribution < 1.29 is 9.59 Å². The first-order valence-corrected chi connectivity index (χ1v) is 5.79. The Kier molecular flexibility index (Phi) is 3.18. The zero-order chi connectivity index (χ0) is 11.5. The minimum absolute atomic E-state index is 0.0335. The van der Waals surface area contributed by atoms with Gasteiger partial charge in [0.15, 0.2) is 5.78 Å². The molecule has 16 heavy (non-hydrogen) atoms. The number of hydrogen-bond donors (Lipinski definition) is 0. The van der Waals surface area contributed by atoms with Crippen molar-refractivity contribution in [2.45, 2.75) is 26.2 Å². The summed E-state index contributed by atoms with van der Waals surface area (Å²) >= 11 is 0. The summed E-state index contributed by atoms with van der Waals surface area (Å²) in [5.74, 6) is 0.687. The van der Waals surface area contributed by atoms with Gasteiger partial charge in [-0.2, -0.15) is 0 Å². The lowest BCUT2D eigenvalue weighted by molar-refractivity contribution is -0.117. The standard InChI is InChI=1S/C14H16O2/c1-10(12-7-8-13(15)9-12)14(16)11-5-3-2-4-6-11/h2-6,10,12H,7-9H2,1H3. The van der Waals surface area contributed by atoms with E-state index < -0.39 is 0 Å².